The highest BCUT2D eigenvalue weighted by Gasteiger charge is 2.68. The van der Waals surface area contributed by atoms with Gasteiger partial charge in [0.25, 0.3) is 0 Å². The van der Waals surface area contributed by atoms with Crippen LogP contribution in [0.1, 0.15) is 84.1 Å². The van der Waals surface area contributed by atoms with Crippen molar-refractivity contribution in [3.05, 3.63) is 41.5 Å². The van der Waals surface area contributed by atoms with Crippen LogP contribution in [-0.4, -0.2) is 65.9 Å². The minimum absolute atomic E-state index is 0.0603. The fraction of sp³-hybridized carbons (Fsp3) is 0.676. The number of hydrogen-bond acceptors (Lipinski definition) is 7. The van der Waals surface area contributed by atoms with Gasteiger partial charge in [0.15, 0.2) is 17.2 Å². The molecule has 0 amide bonds. The lowest BCUT2D eigenvalue weighted by Crippen LogP contribution is -2.59. The second-order valence-electron chi connectivity index (χ2n) is 14.4. The Bertz CT molecular complexity index is 1380. The van der Waals surface area contributed by atoms with Gasteiger partial charge < -0.3 is 14.4 Å². The van der Waals surface area contributed by atoms with Crippen LogP contribution < -0.4 is 4.90 Å². The Morgan fingerprint density at radius 1 is 0.957 bits per heavy atom. The van der Waals surface area contributed by atoms with Crippen molar-refractivity contribution in [1.29, 1.82) is 0 Å². The molecule has 1 aromatic rings. The van der Waals surface area contributed by atoms with Crippen molar-refractivity contribution in [3.63, 3.8) is 0 Å². The summed E-state index contributed by atoms with van der Waals surface area (Å²) in [5, 5.41) is -0.197. The minimum atomic E-state index is -1.17. The van der Waals surface area contributed by atoms with Gasteiger partial charge in [0.1, 0.15) is 0 Å². The molecule has 0 spiro atoms. The standard InChI is InChI=1S/C37H48Cl3NO6/c1-24(42)37(15-12-30-28-23-32(40)31-22-27(43)10-13-35(31,2)29(28)11-14-36(30,37)3)47-33(44)5-4-20-46-34(45)21-25-6-8-26(9-7-25)41(18-16-38)19-17-39/h6-9,22,28-30,32H,4-5,10-21,23H2,1-3H3/t28-,29+,30+,32?,35-,36+,37+/m1/s1. The number of ketones is 2. The van der Waals surface area contributed by atoms with E-state index in [-0.39, 0.29) is 53.7 Å². The van der Waals surface area contributed by atoms with E-state index >= 15 is 0 Å². The molecule has 3 saturated carbocycles. The average Bonchev–Trinajstić information content (AvgIpc) is 3.33. The number of anilines is 1. The number of carbonyl (C=O) groups excluding carboxylic acids is 4. The lowest BCUT2D eigenvalue weighted by atomic mass is 9.46. The summed E-state index contributed by atoms with van der Waals surface area (Å²) in [6, 6.07) is 7.66. The summed E-state index contributed by atoms with van der Waals surface area (Å²) < 4.78 is 11.6. The normalized spacial score (nSPS) is 32.8. The summed E-state index contributed by atoms with van der Waals surface area (Å²) in [6.45, 7) is 7.42. The third-order valence-electron chi connectivity index (χ3n) is 12.1. The molecule has 0 radical (unpaired) electrons. The molecule has 0 heterocycles. The number of Topliss-reactive ketones (excluding diaryl/α,β-unsaturated/α-hetero) is 1. The van der Waals surface area contributed by atoms with Crippen molar-refractivity contribution in [3.8, 4) is 0 Å². The molecule has 0 bridgehead atoms. The maximum atomic E-state index is 13.4. The molecule has 7 atom stereocenters. The molecule has 0 N–H and O–H groups in total. The molecule has 4 aliphatic carbocycles. The van der Waals surface area contributed by atoms with Gasteiger partial charge in [-0.15, -0.1) is 34.8 Å². The van der Waals surface area contributed by atoms with E-state index in [1.807, 2.05) is 24.3 Å². The smallest absolute Gasteiger partial charge is 0.310 e. The van der Waals surface area contributed by atoms with Crippen LogP contribution in [0, 0.1) is 28.6 Å². The monoisotopic (exact) mass is 707 g/mol. The van der Waals surface area contributed by atoms with Crippen LogP contribution >= 0.6 is 34.8 Å². The number of rotatable bonds is 13. The average molecular weight is 709 g/mol. The van der Waals surface area contributed by atoms with Gasteiger partial charge in [-0.05, 0) is 104 Å². The zero-order valence-electron chi connectivity index (χ0n) is 27.8. The zero-order valence-corrected chi connectivity index (χ0v) is 30.1. The fourth-order valence-electron chi connectivity index (χ4n) is 9.64. The third-order valence-corrected chi connectivity index (χ3v) is 12.8. The van der Waals surface area contributed by atoms with E-state index in [4.69, 9.17) is 44.3 Å². The maximum Gasteiger partial charge on any atom is 0.310 e. The van der Waals surface area contributed by atoms with E-state index in [0.29, 0.717) is 55.9 Å². The number of ether oxygens (including phenoxy) is 2. The molecule has 4 aliphatic rings. The Labute approximate surface area is 294 Å². The summed E-state index contributed by atoms with van der Waals surface area (Å²) in [6.07, 6.45) is 7.45. The Hall–Kier alpha value is -2.09. The van der Waals surface area contributed by atoms with Gasteiger partial charge in [0.2, 0.25) is 0 Å². The summed E-state index contributed by atoms with van der Waals surface area (Å²) in [4.78, 5) is 53.5. The Morgan fingerprint density at radius 3 is 2.30 bits per heavy atom. The summed E-state index contributed by atoms with van der Waals surface area (Å²) >= 11 is 18.8. The van der Waals surface area contributed by atoms with Gasteiger partial charge in [-0.2, -0.15) is 0 Å². The molecular weight excluding hydrogens is 661 g/mol. The van der Waals surface area contributed by atoms with E-state index in [9.17, 15) is 19.2 Å². The Morgan fingerprint density at radius 2 is 1.64 bits per heavy atom. The largest absolute Gasteiger partial charge is 0.465 e. The molecule has 0 aromatic heterocycles. The summed E-state index contributed by atoms with van der Waals surface area (Å²) in [5.74, 6) is 1.14. The lowest BCUT2D eigenvalue weighted by molar-refractivity contribution is -0.189. The number of benzene rings is 1. The van der Waals surface area contributed by atoms with Crippen molar-refractivity contribution >= 4 is 64.0 Å². The SMILES string of the molecule is CC(=O)[C@@]1(OC(=O)CCCOC(=O)Cc2ccc(N(CCCl)CCCl)cc2)CC[C@H]2[C@@H]3CC(Cl)C4=CC(=O)CC[C@]4(C)[C@H]3CC[C@@]21C. The minimum Gasteiger partial charge on any atom is -0.465 e. The number of esters is 2. The van der Waals surface area contributed by atoms with E-state index in [0.717, 1.165) is 48.9 Å². The topological polar surface area (TPSA) is 90.0 Å². The van der Waals surface area contributed by atoms with E-state index in [1.165, 1.54) is 0 Å². The molecule has 7 nitrogen and oxygen atoms in total. The Kier molecular flexibility index (Phi) is 11.4. The molecular formula is C37H48Cl3NO6. The first-order chi connectivity index (χ1) is 22.4. The Balaban J connectivity index is 1.15. The number of allylic oxidation sites excluding steroid dienone is 1. The number of carbonyl (C=O) groups is 4. The third kappa shape index (κ3) is 7.01. The molecule has 47 heavy (non-hydrogen) atoms. The molecule has 258 valence electrons. The van der Waals surface area contributed by atoms with Crippen molar-refractivity contribution in [2.45, 2.75) is 96.0 Å². The first kappa shape index (κ1) is 36.2. The summed E-state index contributed by atoms with van der Waals surface area (Å²) in [5.41, 5.74) is 1.14. The van der Waals surface area contributed by atoms with Crippen LogP contribution in [0.5, 0.6) is 0 Å². The molecule has 1 aromatic carbocycles. The molecule has 10 heteroatoms. The van der Waals surface area contributed by atoms with Gasteiger partial charge in [-0.25, -0.2) is 0 Å². The van der Waals surface area contributed by atoms with E-state index < -0.39 is 17.0 Å². The van der Waals surface area contributed by atoms with Crippen LogP contribution in [0.3, 0.4) is 0 Å². The van der Waals surface area contributed by atoms with Crippen molar-refractivity contribution in [2.75, 3.05) is 36.4 Å². The van der Waals surface area contributed by atoms with Crippen LogP contribution in [0.4, 0.5) is 5.69 Å². The van der Waals surface area contributed by atoms with Crippen LogP contribution in [0.2, 0.25) is 0 Å². The second kappa shape index (κ2) is 14.8. The number of halogens is 3. The van der Waals surface area contributed by atoms with E-state index in [2.05, 4.69) is 18.7 Å². The number of fused-ring (bicyclic) bond motifs is 5. The molecule has 5 rings (SSSR count). The van der Waals surface area contributed by atoms with Gasteiger partial charge in [0.05, 0.1) is 18.4 Å². The predicted octanol–water partition coefficient (Wildman–Crippen LogP) is 7.46. The van der Waals surface area contributed by atoms with Gasteiger partial charge in [0, 0.05) is 48.8 Å². The highest BCUT2D eigenvalue weighted by atomic mass is 35.5. The first-order valence-corrected chi connectivity index (χ1v) is 18.6. The van der Waals surface area contributed by atoms with Gasteiger partial charge >= 0.3 is 11.9 Å². The van der Waals surface area contributed by atoms with Crippen LogP contribution in [-0.2, 0) is 35.1 Å². The highest BCUT2D eigenvalue weighted by Crippen LogP contribution is 2.68. The zero-order chi connectivity index (χ0) is 34.0. The highest BCUT2D eigenvalue weighted by molar-refractivity contribution is 6.23. The second-order valence-corrected chi connectivity index (χ2v) is 15.7. The van der Waals surface area contributed by atoms with Crippen molar-refractivity contribution in [1.82, 2.24) is 0 Å². The van der Waals surface area contributed by atoms with Gasteiger partial charge in [-0.3, -0.25) is 19.2 Å². The number of alkyl halides is 3. The summed E-state index contributed by atoms with van der Waals surface area (Å²) in [7, 11) is 0. The number of nitrogens with zero attached hydrogens (tertiary/aromatic N) is 1. The van der Waals surface area contributed by atoms with Crippen molar-refractivity contribution in [2.24, 2.45) is 28.6 Å². The predicted molar refractivity (Wildman–Crippen MR) is 185 cm³/mol. The molecule has 3 fully saturated rings. The molecule has 1 unspecified atom stereocenters. The molecule has 0 saturated heterocycles. The quantitative estimate of drug-likeness (QED) is 0.119. The van der Waals surface area contributed by atoms with Gasteiger partial charge in [-0.1, -0.05) is 26.0 Å². The van der Waals surface area contributed by atoms with Crippen LogP contribution in [0.25, 0.3) is 0 Å². The van der Waals surface area contributed by atoms with E-state index in [1.54, 1.807) is 13.0 Å². The lowest BCUT2D eigenvalue weighted by Gasteiger charge is -2.60. The van der Waals surface area contributed by atoms with Crippen molar-refractivity contribution < 1.29 is 28.7 Å². The first-order valence-electron chi connectivity index (χ1n) is 17.1. The fourth-order valence-corrected chi connectivity index (χ4v) is 10.6. The molecule has 0 aliphatic heterocycles. The maximum absolute atomic E-state index is 13.4. The van der Waals surface area contributed by atoms with Crippen LogP contribution in [0.15, 0.2) is 35.9 Å². The number of hydrogen-bond donors (Lipinski definition) is 0.